The van der Waals surface area contributed by atoms with Gasteiger partial charge in [0, 0.05) is 25.2 Å². The normalized spacial score (nSPS) is 14.9. The Balaban J connectivity index is 1.75. The molecule has 0 atom stereocenters. The zero-order valence-corrected chi connectivity index (χ0v) is 10.7. The molecule has 1 amide bonds. The van der Waals surface area contributed by atoms with E-state index in [1.54, 1.807) is 12.4 Å². The average molecular weight is 262 g/mol. The highest BCUT2D eigenvalue weighted by molar-refractivity contribution is 7.71. The lowest BCUT2D eigenvalue weighted by Gasteiger charge is -2.05. The second kappa shape index (κ2) is 4.53. The number of carbonyl (C=O) groups is 1. The second-order valence-electron chi connectivity index (χ2n) is 4.57. The van der Waals surface area contributed by atoms with Crippen molar-refractivity contribution in [3.63, 3.8) is 0 Å². The summed E-state index contributed by atoms with van der Waals surface area (Å²) in [5, 5.41) is 2.97. The Bertz CT molecular complexity index is 641. The number of aromatic nitrogens is 3. The minimum atomic E-state index is 0.0998. The van der Waals surface area contributed by atoms with Crippen LogP contribution in [0.15, 0.2) is 18.5 Å². The van der Waals surface area contributed by atoms with Gasteiger partial charge in [0.25, 0.3) is 0 Å². The molecule has 18 heavy (non-hydrogen) atoms. The number of rotatable bonds is 4. The summed E-state index contributed by atoms with van der Waals surface area (Å²) in [5.74, 6) is 0.0998. The van der Waals surface area contributed by atoms with E-state index in [0.717, 1.165) is 23.9 Å². The van der Waals surface area contributed by atoms with Crippen LogP contribution in [0.4, 0.5) is 0 Å². The second-order valence-corrected chi connectivity index (χ2v) is 4.95. The highest BCUT2D eigenvalue weighted by atomic mass is 32.1. The third-order valence-electron chi connectivity index (χ3n) is 3.08. The number of aromatic amines is 1. The Kier molecular flexibility index (Phi) is 2.87. The maximum atomic E-state index is 11.7. The molecule has 2 N–H and O–H groups in total. The summed E-state index contributed by atoms with van der Waals surface area (Å²) in [6.45, 7) is 0.599. The number of H-pyrrole nitrogens is 1. The van der Waals surface area contributed by atoms with Gasteiger partial charge < -0.3 is 14.9 Å². The third-order valence-corrected chi connectivity index (χ3v) is 3.40. The first-order valence-corrected chi connectivity index (χ1v) is 6.47. The number of carbonyl (C=O) groups excluding carboxylic acids is 1. The largest absolute Gasteiger partial charge is 0.353 e. The predicted molar refractivity (Wildman–Crippen MR) is 70.7 cm³/mol. The number of nitrogens with one attached hydrogen (secondary N) is 2. The van der Waals surface area contributed by atoms with E-state index in [9.17, 15) is 4.79 Å². The van der Waals surface area contributed by atoms with Crippen LogP contribution < -0.4 is 5.32 Å². The minimum absolute atomic E-state index is 0.0998. The van der Waals surface area contributed by atoms with E-state index >= 15 is 0 Å². The number of aryl methyl sites for hydroxylation is 1. The van der Waals surface area contributed by atoms with Gasteiger partial charge in [0.15, 0.2) is 4.77 Å². The lowest BCUT2D eigenvalue weighted by atomic mass is 10.3. The van der Waals surface area contributed by atoms with Crippen LogP contribution in [0.2, 0.25) is 0 Å². The Labute approximate surface area is 109 Å². The molecule has 0 bridgehead atoms. The summed E-state index contributed by atoms with van der Waals surface area (Å²) in [6, 6.07) is 2.32. The van der Waals surface area contributed by atoms with Crippen molar-refractivity contribution in [2.45, 2.75) is 31.8 Å². The van der Waals surface area contributed by atoms with Crippen molar-refractivity contribution in [2.24, 2.45) is 0 Å². The molecular weight excluding hydrogens is 248 g/mol. The van der Waals surface area contributed by atoms with Crippen molar-refractivity contribution in [3.05, 3.63) is 23.2 Å². The first-order chi connectivity index (χ1) is 8.74. The van der Waals surface area contributed by atoms with E-state index in [-0.39, 0.29) is 5.91 Å². The molecule has 1 fully saturated rings. The maximum absolute atomic E-state index is 11.7. The van der Waals surface area contributed by atoms with Gasteiger partial charge in [-0.05, 0) is 31.1 Å². The zero-order chi connectivity index (χ0) is 12.5. The Morgan fingerprint density at radius 1 is 1.61 bits per heavy atom. The highest BCUT2D eigenvalue weighted by Crippen LogP contribution is 2.19. The molecule has 3 rings (SSSR count). The molecule has 0 aliphatic heterocycles. The molecule has 2 heterocycles. The molecule has 1 aliphatic carbocycles. The number of hydrogen-bond acceptors (Lipinski definition) is 3. The summed E-state index contributed by atoms with van der Waals surface area (Å²) in [4.78, 5) is 18.8. The van der Waals surface area contributed by atoms with Crippen molar-refractivity contribution in [1.29, 1.82) is 0 Å². The van der Waals surface area contributed by atoms with Gasteiger partial charge in [0.05, 0.1) is 17.2 Å². The lowest BCUT2D eigenvalue weighted by molar-refractivity contribution is -0.121. The molecule has 0 unspecified atom stereocenters. The van der Waals surface area contributed by atoms with Crippen molar-refractivity contribution in [1.82, 2.24) is 19.9 Å². The monoisotopic (exact) mass is 262 g/mol. The molecule has 5 nitrogen and oxygen atoms in total. The van der Waals surface area contributed by atoms with Crippen molar-refractivity contribution in [2.75, 3.05) is 0 Å². The lowest BCUT2D eigenvalue weighted by Crippen LogP contribution is -2.26. The van der Waals surface area contributed by atoms with Crippen molar-refractivity contribution in [3.8, 4) is 0 Å². The SMILES string of the molecule is O=C(CCn1c(=S)[nH]c2cnccc21)NC1CC1. The van der Waals surface area contributed by atoms with Gasteiger partial charge in [0.1, 0.15) is 0 Å². The number of hydrogen-bond donors (Lipinski definition) is 2. The van der Waals surface area contributed by atoms with Gasteiger partial charge in [-0.2, -0.15) is 0 Å². The molecule has 0 aromatic carbocycles. The molecule has 6 heteroatoms. The van der Waals surface area contributed by atoms with Crippen LogP contribution in [-0.2, 0) is 11.3 Å². The third kappa shape index (κ3) is 2.28. The first-order valence-electron chi connectivity index (χ1n) is 6.06. The number of amides is 1. The van der Waals surface area contributed by atoms with Crippen LogP contribution in [0.25, 0.3) is 11.0 Å². The van der Waals surface area contributed by atoms with E-state index in [1.165, 1.54) is 0 Å². The zero-order valence-electron chi connectivity index (χ0n) is 9.85. The van der Waals surface area contributed by atoms with Crippen molar-refractivity contribution < 1.29 is 4.79 Å². The molecule has 94 valence electrons. The summed E-state index contributed by atoms with van der Waals surface area (Å²) < 4.78 is 2.58. The maximum Gasteiger partial charge on any atom is 0.222 e. The minimum Gasteiger partial charge on any atom is -0.353 e. The standard InChI is InChI=1S/C12H14N4OS/c17-11(14-8-1-2-8)4-6-16-10-3-5-13-7-9(10)15-12(16)18/h3,5,7-8H,1-2,4,6H2,(H,14,17)(H,15,18). The molecule has 0 saturated heterocycles. The molecule has 1 saturated carbocycles. The first kappa shape index (κ1) is 11.4. The summed E-state index contributed by atoms with van der Waals surface area (Å²) in [7, 11) is 0. The molecular formula is C12H14N4OS. The van der Waals surface area contributed by atoms with Gasteiger partial charge in [0.2, 0.25) is 5.91 Å². The number of fused-ring (bicyclic) bond motifs is 1. The number of imidazole rings is 1. The van der Waals surface area contributed by atoms with Crippen LogP contribution in [0.3, 0.4) is 0 Å². The van der Waals surface area contributed by atoms with Gasteiger partial charge in [-0.3, -0.25) is 9.78 Å². The molecule has 0 spiro atoms. The fourth-order valence-corrected chi connectivity index (χ4v) is 2.27. The van der Waals surface area contributed by atoms with Gasteiger partial charge in [-0.25, -0.2) is 0 Å². The van der Waals surface area contributed by atoms with E-state index in [2.05, 4.69) is 15.3 Å². The average Bonchev–Trinajstić information content (AvgIpc) is 3.09. The molecule has 1 aliphatic rings. The quantitative estimate of drug-likeness (QED) is 0.825. The summed E-state index contributed by atoms with van der Waals surface area (Å²) in [5.41, 5.74) is 1.90. The summed E-state index contributed by atoms with van der Waals surface area (Å²) in [6.07, 6.45) is 6.16. The van der Waals surface area contributed by atoms with Gasteiger partial charge in [-0.1, -0.05) is 0 Å². The van der Waals surface area contributed by atoms with Crippen LogP contribution in [-0.4, -0.2) is 26.5 Å². The fraction of sp³-hybridized carbons (Fsp3) is 0.417. The smallest absolute Gasteiger partial charge is 0.222 e. The predicted octanol–water partition coefficient (Wildman–Crippen LogP) is 1.76. The highest BCUT2D eigenvalue weighted by Gasteiger charge is 2.22. The topological polar surface area (TPSA) is 62.7 Å². The van der Waals surface area contributed by atoms with E-state index in [0.29, 0.717) is 23.8 Å². The molecule has 0 radical (unpaired) electrons. The van der Waals surface area contributed by atoms with Crippen LogP contribution in [0.1, 0.15) is 19.3 Å². The van der Waals surface area contributed by atoms with E-state index in [4.69, 9.17) is 12.2 Å². The van der Waals surface area contributed by atoms with Gasteiger partial charge in [-0.15, -0.1) is 0 Å². The Morgan fingerprint density at radius 2 is 2.44 bits per heavy atom. The van der Waals surface area contributed by atoms with Crippen LogP contribution in [0, 0.1) is 4.77 Å². The molecule has 2 aromatic rings. The fourth-order valence-electron chi connectivity index (χ4n) is 1.97. The Morgan fingerprint density at radius 3 is 3.22 bits per heavy atom. The number of pyridine rings is 1. The Hall–Kier alpha value is -1.69. The van der Waals surface area contributed by atoms with Crippen LogP contribution in [0.5, 0.6) is 0 Å². The van der Waals surface area contributed by atoms with Gasteiger partial charge >= 0.3 is 0 Å². The van der Waals surface area contributed by atoms with E-state index in [1.807, 2.05) is 10.6 Å². The van der Waals surface area contributed by atoms with Crippen molar-refractivity contribution >= 4 is 29.2 Å². The van der Waals surface area contributed by atoms with Crippen LogP contribution >= 0.6 is 12.2 Å². The summed E-state index contributed by atoms with van der Waals surface area (Å²) >= 11 is 5.25. The van der Waals surface area contributed by atoms with E-state index < -0.39 is 0 Å². The number of nitrogens with zero attached hydrogens (tertiary/aromatic N) is 2. The molecule has 2 aromatic heterocycles.